The maximum absolute atomic E-state index is 12.0. The van der Waals surface area contributed by atoms with Crippen molar-refractivity contribution in [3.8, 4) is 0 Å². The zero-order chi connectivity index (χ0) is 15.2. The molecule has 0 aromatic heterocycles. The lowest BCUT2D eigenvalue weighted by atomic mass is 10.0. The molecule has 2 atom stereocenters. The number of nitrogens with one attached hydrogen (secondary N) is 2. The number of amides is 2. The molecule has 0 spiro atoms. The second-order valence-corrected chi connectivity index (χ2v) is 5.81. The van der Waals surface area contributed by atoms with Gasteiger partial charge in [0.15, 0.2) is 0 Å². The molecule has 1 aromatic rings. The SMILES string of the molecule is O=C1NC(C(=O)NCC[N+](=O)[O-])C(Cc2ccccc2)S1. The number of nitro groups is 1. The maximum Gasteiger partial charge on any atom is 0.280 e. The smallest absolute Gasteiger partial charge is 0.280 e. The molecule has 112 valence electrons. The normalized spacial score (nSPS) is 20.9. The van der Waals surface area contributed by atoms with Crippen molar-refractivity contribution in [2.24, 2.45) is 0 Å². The molecule has 21 heavy (non-hydrogen) atoms. The number of carbonyl (C=O) groups excluding carboxylic acids is 2. The first-order chi connectivity index (χ1) is 10.1. The van der Waals surface area contributed by atoms with Crippen LogP contribution in [0.2, 0.25) is 0 Å². The van der Waals surface area contributed by atoms with Gasteiger partial charge in [-0.25, -0.2) is 0 Å². The van der Waals surface area contributed by atoms with Crippen LogP contribution in [0.25, 0.3) is 0 Å². The van der Waals surface area contributed by atoms with Crippen LogP contribution in [0.4, 0.5) is 4.79 Å². The second kappa shape index (κ2) is 7.07. The lowest BCUT2D eigenvalue weighted by molar-refractivity contribution is -0.477. The largest absolute Gasteiger partial charge is 0.348 e. The van der Waals surface area contributed by atoms with Crippen LogP contribution >= 0.6 is 11.8 Å². The Bertz CT molecular complexity index is 537. The minimum atomic E-state index is -0.658. The lowest BCUT2D eigenvalue weighted by Crippen LogP contribution is -2.47. The van der Waals surface area contributed by atoms with Gasteiger partial charge in [0, 0.05) is 10.2 Å². The van der Waals surface area contributed by atoms with Crippen molar-refractivity contribution in [3.05, 3.63) is 46.0 Å². The minimum absolute atomic E-state index is 0.0407. The van der Waals surface area contributed by atoms with Crippen molar-refractivity contribution < 1.29 is 14.5 Å². The number of carbonyl (C=O) groups is 2. The fourth-order valence-electron chi connectivity index (χ4n) is 2.08. The van der Waals surface area contributed by atoms with E-state index in [0.717, 1.165) is 17.3 Å². The summed E-state index contributed by atoms with van der Waals surface area (Å²) in [6, 6.07) is 8.91. The summed E-state index contributed by atoms with van der Waals surface area (Å²) >= 11 is 1.09. The van der Waals surface area contributed by atoms with Gasteiger partial charge in [-0.05, 0) is 12.0 Å². The van der Waals surface area contributed by atoms with Gasteiger partial charge in [-0.2, -0.15) is 0 Å². The van der Waals surface area contributed by atoms with E-state index in [1.165, 1.54) is 0 Å². The molecule has 1 fully saturated rings. The van der Waals surface area contributed by atoms with Gasteiger partial charge < -0.3 is 10.6 Å². The van der Waals surface area contributed by atoms with E-state index in [2.05, 4.69) is 10.6 Å². The van der Waals surface area contributed by atoms with Crippen molar-refractivity contribution in [2.45, 2.75) is 17.7 Å². The lowest BCUT2D eigenvalue weighted by Gasteiger charge is -2.17. The van der Waals surface area contributed by atoms with Gasteiger partial charge in [-0.1, -0.05) is 42.1 Å². The van der Waals surface area contributed by atoms with Gasteiger partial charge in [0.2, 0.25) is 12.5 Å². The molecule has 1 heterocycles. The Balaban J connectivity index is 1.94. The summed E-state index contributed by atoms with van der Waals surface area (Å²) < 4.78 is 0. The predicted molar refractivity (Wildman–Crippen MR) is 78.7 cm³/mol. The van der Waals surface area contributed by atoms with Crippen molar-refractivity contribution in [1.29, 1.82) is 0 Å². The third-order valence-electron chi connectivity index (χ3n) is 3.06. The molecule has 0 aliphatic carbocycles. The number of rotatable bonds is 6. The summed E-state index contributed by atoms with van der Waals surface area (Å²) in [5.74, 6) is -0.379. The summed E-state index contributed by atoms with van der Waals surface area (Å²) in [6.07, 6.45) is 0.581. The summed E-state index contributed by atoms with van der Waals surface area (Å²) in [6.45, 7) is -0.371. The number of thioether (sulfide) groups is 1. The van der Waals surface area contributed by atoms with E-state index in [1.807, 2.05) is 30.3 Å². The average Bonchev–Trinajstić information content (AvgIpc) is 2.80. The van der Waals surface area contributed by atoms with Gasteiger partial charge in [0.1, 0.15) is 6.04 Å². The van der Waals surface area contributed by atoms with E-state index in [-0.39, 0.29) is 29.5 Å². The number of hydrogen-bond donors (Lipinski definition) is 2. The highest BCUT2D eigenvalue weighted by molar-refractivity contribution is 8.14. The summed E-state index contributed by atoms with van der Waals surface area (Å²) in [4.78, 5) is 33.3. The Morgan fingerprint density at radius 3 is 2.76 bits per heavy atom. The van der Waals surface area contributed by atoms with E-state index in [9.17, 15) is 19.7 Å². The Kier molecular flexibility index (Phi) is 5.15. The van der Waals surface area contributed by atoms with Crippen LogP contribution in [0.3, 0.4) is 0 Å². The molecule has 1 saturated heterocycles. The Morgan fingerprint density at radius 1 is 1.38 bits per heavy atom. The zero-order valence-corrected chi connectivity index (χ0v) is 12.0. The number of hydrogen-bond acceptors (Lipinski definition) is 5. The highest BCUT2D eigenvalue weighted by Crippen LogP contribution is 2.26. The molecule has 0 saturated carbocycles. The van der Waals surface area contributed by atoms with E-state index >= 15 is 0 Å². The number of nitrogens with zero attached hydrogens (tertiary/aromatic N) is 1. The second-order valence-electron chi connectivity index (χ2n) is 4.60. The molecular formula is C13H15N3O4S. The molecule has 0 radical (unpaired) electrons. The molecule has 0 bridgehead atoms. The van der Waals surface area contributed by atoms with Gasteiger partial charge in [-0.15, -0.1) is 0 Å². The zero-order valence-electron chi connectivity index (χ0n) is 11.2. The Hall–Kier alpha value is -2.09. The monoisotopic (exact) mass is 309 g/mol. The first kappa shape index (κ1) is 15.3. The highest BCUT2D eigenvalue weighted by Gasteiger charge is 2.38. The van der Waals surface area contributed by atoms with E-state index in [0.29, 0.717) is 6.42 Å². The van der Waals surface area contributed by atoms with Crippen LogP contribution in [-0.2, 0) is 11.2 Å². The quantitative estimate of drug-likeness (QED) is 0.598. The first-order valence-electron chi connectivity index (χ1n) is 6.47. The summed E-state index contributed by atoms with van der Waals surface area (Å²) in [5.41, 5.74) is 1.04. The molecule has 2 amide bonds. The molecule has 2 rings (SSSR count). The molecular weight excluding hydrogens is 294 g/mol. The maximum atomic E-state index is 12.0. The fraction of sp³-hybridized carbons (Fsp3) is 0.385. The van der Waals surface area contributed by atoms with Crippen molar-refractivity contribution >= 4 is 22.9 Å². The molecule has 2 N–H and O–H groups in total. The van der Waals surface area contributed by atoms with Crippen LogP contribution in [0.1, 0.15) is 5.56 Å². The first-order valence-corrected chi connectivity index (χ1v) is 7.35. The molecule has 1 aliphatic heterocycles. The van der Waals surface area contributed by atoms with Gasteiger partial charge >= 0.3 is 0 Å². The van der Waals surface area contributed by atoms with Crippen LogP contribution in [0, 0.1) is 10.1 Å². The van der Waals surface area contributed by atoms with Gasteiger partial charge in [-0.3, -0.25) is 19.7 Å². The summed E-state index contributed by atoms with van der Waals surface area (Å²) in [7, 11) is 0. The van der Waals surface area contributed by atoms with Crippen LogP contribution in [0.5, 0.6) is 0 Å². The minimum Gasteiger partial charge on any atom is -0.348 e. The average molecular weight is 309 g/mol. The Labute approximate surface area is 125 Å². The van der Waals surface area contributed by atoms with Crippen molar-refractivity contribution in [1.82, 2.24) is 10.6 Å². The topological polar surface area (TPSA) is 101 Å². The van der Waals surface area contributed by atoms with E-state index in [4.69, 9.17) is 0 Å². The molecule has 1 aromatic carbocycles. The fourth-order valence-corrected chi connectivity index (χ4v) is 3.15. The molecule has 8 heteroatoms. The molecule has 2 unspecified atom stereocenters. The predicted octanol–water partition coefficient (Wildman–Crippen LogP) is 0.816. The van der Waals surface area contributed by atoms with Gasteiger partial charge in [0.25, 0.3) is 5.24 Å². The number of benzene rings is 1. The van der Waals surface area contributed by atoms with Gasteiger partial charge in [0.05, 0.1) is 6.54 Å². The Morgan fingerprint density at radius 2 is 2.10 bits per heavy atom. The van der Waals surface area contributed by atoms with E-state index < -0.39 is 11.0 Å². The van der Waals surface area contributed by atoms with Crippen LogP contribution < -0.4 is 10.6 Å². The standard InChI is InChI=1S/C13H15N3O4S/c17-12(14-6-7-16(19)20)11-10(21-13(18)15-11)8-9-4-2-1-3-5-9/h1-5,10-11H,6-8H2,(H,14,17)(H,15,18). The van der Waals surface area contributed by atoms with Crippen molar-refractivity contribution in [2.75, 3.05) is 13.1 Å². The van der Waals surface area contributed by atoms with Crippen LogP contribution in [0.15, 0.2) is 30.3 Å². The van der Waals surface area contributed by atoms with E-state index in [1.54, 1.807) is 0 Å². The van der Waals surface area contributed by atoms with Crippen molar-refractivity contribution in [3.63, 3.8) is 0 Å². The summed E-state index contributed by atoms with van der Waals surface area (Å²) in [5, 5.41) is 14.9. The third-order valence-corrected chi connectivity index (χ3v) is 4.13. The van der Waals surface area contributed by atoms with Crippen LogP contribution in [-0.4, -0.2) is 40.5 Å². The molecule has 1 aliphatic rings. The third kappa shape index (κ3) is 4.45. The highest BCUT2D eigenvalue weighted by atomic mass is 32.2. The molecule has 7 nitrogen and oxygen atoms in total.